The molecule has 0 saturated carbocycles. The number of fused-ring (bicyclic) bond motifs is 3. The normalized spacial score (nSPS) is 22.7. The first kappa shape index (κ1) is 23.7. The van der Waals surface area contributed by atoms with Gasteiger partial charge < -0.3 is 20.6 Å². The molecule has 7 nitrogen and oxygen atoms in total. The predicted octanol–water partition coefficient (Wildman–Crippen LogP) is 3.23. The van der Waals surface area contributed by atoms with Crippen molar-refractivity contribution in [3.05, 3.63) is 65.2 Å². The van der Waals surface area contributed by atoms with Crippen molar-refractivity contribution in [2.45, 2.75) is 32.2 Å². The maximum absolute atomic E-state index is 13.8. The Bertz CT molecular complexity index is 1140. The molecule has 34 heavy (non-hydrogen) atoms. The van der Waals surface area contributed by atoms with Gasteiger partial charge in [-0.1, -0.05) is 32.0 Å². The molecule has 0 aliphatic carbocycles. The molecule has 0 bridgehead atoms. The number of halogens is 2. The van der Waals surface area contributed by atoms with Gasteiger partial charge in [0.2, 0.25) is 5.91 Å². The zero-order chi connectivity index (χ0) is 24.6. The molecule has 0 spiro atoms. The fourth-order valence-electron chi connectivity index (χ4n) is 5.24. The lowest BCUT2D eigenvalue weighted by Gasteiger charge is -2.36. The lowest BCUT2D eigenvalue weighted by Crippen LogP contribution is -2.47. The van der Waals surface area contributed by atoms with Crippen molar-refractivity contribution in [1.82, 2.24) is 10.2 Å². The summed E-state index contributed by atoms with van der Waals surface area (Å²) in [6.45, 7) is 4.34. The van der Waals surface area contributed by atoms with Crippen molar-refractivity contribution in [2.24, 2.45) is 11.3 Å². The molecular formula is C25H27F2N3O4. The van der Waals surface area contributed by atoms with Gasteiger partial charge in [0, 0.05) is 42.8 Å². The first-order valence-corrected chi connectivity index (χ1v) is 11.2. The molecule has 3 atom stereocenters. The van der Waals surface area contributed by atoms with Gasteiger partial charge in [0.25, 0.3) is 5.91 Å². The molecule has 1 fully saturated rings. The molecule has 2 aliphatic rings. The summed E-state index contributed by atoms with van der Waals surface area (Å²) >= 11 is 0. The molecule has 2 aromatic carbocycles. The van der Waals surface area contributed by atoms with E-state index in [9.17, 15) is 23.2 Å². The molecular weight excluding hydrogens is 444 g/mol. The van der Waals surface area contributed by atoms with E-state index in [2.05, 4.69) is 10.6 Å². The summed E-state index contributed by atoms with van der Waals surface area (Å²) in [5, 5.41) is 15.1. The van der Waals surface area contributed by atoms with Crippen LogP contribution in [0.1, 0.15) is 42.1 Å². The Labute approximate surface area is 196 Å². The van der Waals surface area contributed by atoms with E-state index in [1.165, 1.54) is 11.0 Å². The van der Waals surface area contributed by atoms with Gasteiger partial charge in [0.1, 0.15) is 0 Å². The van der Waals surface area contributed by atoms with Gasteiger partial charge in [-0.15, -0.1) is 0 Å². The van der Waals surface area contributed by atoms with Crippen molar-refractivity contribution in [2.75, 3.05) is 25.0 Å². The summed E-state index contributed by atoms with van der Waals surface area (Å²) in [5.74, 6) is -4.85. The number of carbonyl (C=O) groups is 3. The number of aliphatic carboxylic acids is 1. The van der Waals surface area contributed by atoms with Crippen LogP contribution >= 0.6 is 0 Å². The van der Waals surface area contributed by atoms with Crippen LogP contribution in [-0.2, 0) is 9.59 Å². The Morgan fingerprint density at radius 3 is 2.59 bits per heavy atom. The van der Waals surface area contributed by atoms with Crippen molar-refractivity contribution in [1.29, 1.82) is 0 Å². The monoisotopic (exact) mass is 471 g/mol. The van der Waals surface area contributed by atoms with Crippen LogP contribution in [0.4, 0.5) is 14.5 Å². The second-order valence-electron chi connectivity index (χ2n) is 9.58. The van der Waals surface area contributed by atoms with Crippen LogP contribution in [0.25, 0.3) is 0 Å². The number of likely N-dealkylation sites (tertiary alicyclic amines) is 1. The van der Waals surface area contributed by atoms with Crippen molar-refractivity contribution >= 4 is 23.5 Å². The van der Waals surface area contributed by atoms with E-state index in [-0.39, 0.29) is 42.9 Å². The van der Waals surface area contributed by atoms with Crippen LogP contribution in [0.2, 0.25) is 0 Å². The van der Waals surface area contributed by atoms with E-state index >= 15 is 0 Å². The van der Waals surface area contributed by atoms with Gasteiger partial charge in [-0.25, -0.2) is 8.78 Å². The Kier molecular flexibility index (Phi) is 6.29. The molecule has 180 valence electrons. The third kappa shape index (κ3) is 4.47. The van der Waals surface area contributed by atoms with E-state index in [1.807, 2.05) is 38.1 Å². The third-order valence-electron chi connectivity index (χ3n) is 6.70. The Morgan fingerprint density at radius 1 is 1.15 bits per heavy atom. The first-order valence-electron chi connectivity index (χ1n) is 11.2. The number of amides is 2. The molecule has 4 rings (SSSR count). The summed E-state index contributed by atoms with van der Waals surface area (Å²) in [4.78, 5) is 39.0. The predicted molar refractivity (Wildman–Crippen MR) is 121 cm³/mol. The van der Waals surface area contributed by atoms with E-state index in [0.29, 0.717) is 6.54 Å². The van der Waals surface area contributed by atoms with E-state index in [4.69, 9.17) is 5.11 Å². The first-order chi connectivity index (χ1) is 16.1. The zero-order valence-corrected chi connectivity index (χ0v) is 19.0. The molecule has 2 aliphatic heterocycles. The molecule has 2 aromatic rings. The summed E-state index contributed by atoms with van der Waals surface area (Å²) < 4.78 is 27.3. The van der Waals surface area contributed by atoms with Gasteiger partial charge >= 0.3 is 5.97 Å². The number of carbonyl (C=O) groups excluding carboxylic acids is 2. The van der Waals surface area contributed by atoms with Gasteiger partial charge in [-0.2, -0.15) is 0 Å². The number of carboxylic acids is 1. The van der Waals surface area contributed by atoms with Crippen LogP contribution in [0.15, 0.2) is 42.5 Å². The number of carboxylic acid groups (broad SMARTS) is 1. The second kappa shape index (κ2) is 9.04. The number of benzene rings is 2. The van der Waals surface area contributed by atoms with Gasteiger partial charge in [-0.3, -0.25) is 14.4 Å². The summed E-state index contributed by atoms with van der Waals surface area (Å²) in [7, 11) is 0. The molecule has 3 N–H and O–H groups in total. The van der Waals surface area contributed by atoms with E-state index in [1.54, 1.807) is 0 Å². The van der Waals surface area contributed by atoms with Crippen LogP contribution in [0, 0.1) is 23.0 Å². The van der Waals surface area contributed by atoms with Crippen molar-refractivity contribution in [3.8, 4) is 0 Å². The molecule has 0 radical (unpaired) electrons. The molecule has 1 saturated heterocycles. The van der Waals surface area contributed by atoms with Crippen molar-refractivity contribution < 1.29 is 28.3 Å². The van der Waals surface area contributed by atoms with E-state index < -0.39 is 34.8 Å². The van der Waals surface area contributed by atoms with Gasteiger partial charge in [0.15, 0.2) is 11.6 Å². The highest BCUT2D eigenvalue weighted by Gasteiger charge is 2.51. The lowest BCUT2D eigenvalue weighted by atomic mass is 9.70. The van der Waals surface area contributed by atoms with Crippen LogP contribution in [0.5, 0.6) is 0 Å². The number of nitrogens with one attached hydrogen (secondary N) is 2. The maximum atomic E-state index is 13.8. The Balaban J connectivity index is 1.69. The average molecular weight is 472 g/mol. The Morgan fingerprint density at radius 2 is 1.88 bits per heavy atom. The number of anilines is 1. The number of rotatable bonds is 5. The number of nitrogens with zero attached hydrogens (tertiary/aromatic N) is 1. The molecule has 2 amide bonds. The molecule has 0 aromatic heterocycles. The number of hydrogen-bond acceptors (Lipinski definition) is 4. The van der Waals surface area contributed by atoms with Crippen LogP contribution in [-0.4, -0.2) is 53.5 Å². The minimum Gasteiger partial charge on any atom is -0.481 e. The minimum atomic E-state index is -1.12. The minimum absolute atomic E-state index is 0.000143. The number of para-hydroxylation sites is 1. The van der Waals surface area contributed by atoms with Crippen molar-refractivity contribution in [3.63, 3.8) is 0 Å². The van der Waals surface area contributed by atoms with E-state index in [0.717, 1.165) is 23.4 Å². The fourth-order valence-corrected chi connectivity index (χ4v) is 5.24. The standard InChI is InChI=1S/C25H27F2N3O4/c1-25(2)13-30(24(34)14-7-8-17(26)18(27)11-14)12-16(23(33)28-10-9-20(31)32)22-21(25)15-5-3-4-6-19(15)29-22/h3-8,11,16,21-22,29H,9-10,12-13H2,1-2H3,(H,28,33)(H,31,32). The Hall–Kier alpha value is -3.49. The summed E-state index contributed by atoms with van der Waals surface area (Å²) in [5.41, 5.74) is 1.51. The SMILES string of the molecule is CC1(C)CN(C(=O)c2ccc(F)c(F)c2)CC(C(=O)NCCC(=O)O)C2Nc3ccccc3C21. The van der Waals surface area contributed by atoms with Crippen LogP contribution < -0.4 is 10.6 Å². The smallest absolute Gasteiger partial charge is 0.305 e. The zero-order valence-electron chi connectivity index (χ0n) is 19.0. The van der Waals surface area contributed by atoms with Crippen LogP contribution in [0.3, 0.4) is 0 Å². The lowest BCUT2D eigenvalue weighted by molar-refractivity contribution is -0.137. The summed E-state index contributed by atoms with van der Waals surface area (Å²) in [6.07, 6.45) is -0.219. The molecule has 3 unspecified atom stereocenters. The maximum Gasteiger partial charge on any atom is 0.305 e. The highest BCUT2D eigenvalue weighted by atomic mass is 19.2. The topological polar surface area (TPSA) is 98.7 Å². The highest BCUT2D eigenvalue weighted by Crippen LogP contribution is 2.50. The fraction of sp³-hybridized carbons (Fsp3) is 0.400. The van der Waals surface area contributed by atoms with Gasteiger partial charge in [-0.05, 0) is 35.2 Å². The molecule has 9 heteroatoms. The highest BCUT2D eigenvalue weighted by molar-refractivity contribution is 5.95. The third-order valence-corrected chi connectivity index (χ3v) is 6.70. The number of hydrogen-bond donors (Lipinski definition) is 3. The molecule has 2 heterocycles. The summed E-state index contributed by atoms with van der Waals surface area (Å²) in [6, 6.07) is 10.5. The van der Waals surface area contributed by atoms with Gasteiger partial charge in [0.05, 0.1) is 12.3 Å². The quantitative estimate of drug-likeness (QED) is 0.622. The largest absolute Gasteiger partial charge is 0.481 e. The second-order valence-corrected chi connectivity index (χ2v) is 9.58. The average Bonchev–Trinajstić information content (AvgIpc) is 3.12.